The number of allylic oxidation sites excluding steroid dienone is 1. The van der Waals surface area contributed by atoms with Gasteiger partial charge in [0.1, 0.15) is 5.75 Å². The first-order valence-electron chi connectivity index (χ1n) is 10.0. The van der Waals surface area contributed by atoms with Gasteiger partial charge in [-0.1, -0.05) is 59.1 Å². The van der Waals surface area contributed by atoms with Gasteiger partial charge in [0.15, 0.2) is 5.41 Å². The highest BCUT2D eigenvalue weighted by atomic mass is 19.4. The van der Waals surface area contributed by atoms with Crippen molar-refractivity contribution in [3.8, 4) is 18.1 Å². The van der Waals surface area contributed by atoms with Gasteiger partial charge in [0.2, 0.25) is 0 Å². The minimum atomic E-state index is -4.56. The maximum atomic E-state index is 14.1. The molecular formula is C24H36F3O. The highest BCUT2D eigenvalue weighted by Crippen LogP contribution is 2.48. The molecule has 28 heavy (non-hydrogen) atoms. The minimum absolute atomic E-state index is 0. The highest BCUT2D eigenvalue weighted by molar-refractivity contribution is 5.60. The number of rotatable bonds is 8. The average Bonchev–Trinajstić information content (AvgIpc) is 2.64. The predicted octanol–water partition coefficient (Wildman–Crippen LogP) is 7.83. The first-order chi connectivity index (χ1) is 13.1. The molecule has 0 amide bonds. The van der Waals surface area contributed by atoms with E-state index < -0.39 is 11.6 Å². The second-order valence-corrected chi connectivity index (χ2v) is 7.08. The lowest BCUT2D eigenvalue weighted by Crippen LogP contribution is -2.41. The van der Waals surface area contributed by atoms with Crippen LogP contribution in [0, 0.1) is 25.2 Å². The summed E-state index contributed by atoms with van der Waals surface area (Å²) < 4.78 is 47.6. The molecule has 1 nitrogen and oxygen atoms in total. The number of alkyl halides is 3. The second-order valence-electron chi connectivity index (χ2n) is 7.08. The van der Waals surface area contributed by atoms with E-state index in [0.717, 1.165) is 24.0 Å². The van der Waals surface area contributed by atoms with E-state index in [-0.39, 0.29) is 25.1 Å². The standard InChI is InChI=1S/C22H29F3O.C2H6.H/c1-7-9-10-11-18-15-20(26-6)19(14-17(18)5)21(8-2,22(23,24)25)13-12-16(3)4;1-2;/h2,10-11,14-16H,7,9,12-13H2,1,3-6H3;1-2H3;/b11-10+;;. The van der Waals surface area contributed by atoms with Gasteiger partial charge in [-0.2, -0.15) is 13.2 Å². The van der Waals surface area contributed by atoms with Gasteiger partial charge in [-0.3, -0.25) is 0 Å². The van der Waals surface area contributed by atoms with E-state index in [4.69, 9.17) is 11.2 Å². The number of aryl methyl sites for hydroxylation is 1. The lowest BCUT2D eigenvalue weighted by molar-refractivity contribution is -0.175. The Kier molecular flexibility index (Phi) is 11.0. The summed E-state index contributed by atoms with van der Waals surface area (Å²) in [4.78, 5) is 0. The summed E-state index contributed by atoms with van der Waals surface area (Å²) in [6.45, 7) is 11.7. The normalized spacial score (nSPS) is 13.6. The lowest BCUT2D eigenvalue weighted by atomic mass is 9.74. The van der Waals surface area contributed by atoms with Crippen LogP contribution in [0.25, 0.3) is 6.08 Å². The van der Waals surface area contributed by atoms with E-state index in [9.17, 15) is 13.2 Å². The summed E-state index contributed by atoms with van der Waals surface area (Å²) >= 11 is 0. The van der Waals surface area contributed by atoms with Crippen molar-refractivity contribution >= 4 is 6.08 Å². The number of unbranched alkanes of at least 4 members (excludes halogenated alkanes) is 1. The fourth-order valence-electron chi connectivity index (χ4n) is 2.93. The van der Waals surface area contributed by atoms with E-state index in [2.05, 4.69) is 12.8 Å². The highest BCUT2D eigenvalue weighted by Gasteiger charge is 2.56. The molecule has 0 saturated carbocycles. The first kappa shape index (κ1) is 26.1. The third-order valence-corrected chi connectivity index (χ3v) is 4.63. The van der Waals surface area contributed by atoms with Gasteiger partial charge in [-0.25, -0.2) is 0 Å². The molecular weight excluding hydrogens is 361 g/mol. The fraction of sp³-hybridized carbons (Fsp3) is 0.583. The van der Waals surface area contributed by atoms with Crippen molar-refractivity contribution in [1.29, 1.82) is 0 Å². The molecule has 1 unspecified atom stereocenters. The molecule has 1 aromatic carbocycles. The summed E-state index contributed by atoms with van der Waals surface area (Å²) in [6, 6.07) is 3.20. The SMILES string of the molecule is C#CC(CCC(C)C)(c1cc(C)c(/C=C/CCC)cc1OC)C(F)(F)F.CC.[H]. The maximum Gasteiger partial charge on any atom is 0.409 e. The Hall–Kier alpha value is -1.89. The van der Waals surface area contributed by atoms with E-state index >= 15 is 0 Å². The molecule has 0 fully saturated rings. The zero-order valence-electron chi connectivity index (χ0n) is 19.3. The van der Waals surface area contributed by atoms with Gasteiger partial charge in [0.25, 0.3) is 0 Å². The quantitative estimate of drug-likeness (QED) is 0.406. The Morgan fingerprint density at radius 2 is 1.86 bits per heavy atom. The van der Waals surface area contributed by atoms with Gasteiger partial charge < -0.3 is 4.74 Å². The number of methoxy groups -OCH3 is 1. The van der Waals surface area contributed by atoms with Crippen LogP contribution in [-0.2, 0) is 5.41 Å². The zero-order valence-corrected chi connectivity index (χ0v) is 18.3. The van der Waals surface area contributed by atoms with E-state index in [1.54, 1.807) is 13.0 Å². The number of terminal acetylenes is 1. The molecule has 1 radical (unpaired) electrons. The maximum absolute atomic E-state index is 14.1. The molecule has 0 bridgehead atoms. The van der Waals surface area contributed by atoms with Crippen LogP contribution in [0.15, 0.2) is 18.2 Å². The van der Waals surface area contributed by atoms with Crippen molar-refractivity contribution in [2.45, 2.75) is 78.8 Å². The first-order valence-corrected chi connectivity index (χ1v) is 10.0. The van der Waals surface area contributed by atoms with Crippen LogP contribution in [0.4, 0.5) is 13.2 Å². The smallest absolute Gasteiger partial charge is 0.409 e. The van der Waals surface area contributed by atoms with Crippen molar-refractivity contribution in [3.05, 3.63) is 34.9 Å². The third kappa shape index (κ3) is 6.33. The summed E-state index contributed by atoms with van der Waals surface area (Å²) in [6.07, 6.45) is 6.99. The molecule has 0 heterocycles. The fourth-order valence-corrected chi connectivity index (χ4v) is 2.93. The number of ether oxygens (including phenoxy) is 1. The molecule has 0 aliphatic heterocycles. The number of hydrogen-bond acceptors (Lipinski definition) is 1. The zero-order chi connectivity index (χ0) is 22.0. The monoisotopic (exact) mass is 397 g/mol. The van der Waals surface area contributed by atoms with Crippen LogP contribution in [0.3, 0.4) is 0 Å². The summed E-state index contributed by atoms with van der Waals surface area (Å²) in [5, 5.41) is 0. The number of benzene rings is 1. The molecule has 4 heteroatoms. The molecule has 0 spiro atoms. The molecule has 0 saturated heterocycles. The van der Waals surface area contributed by atoms with Gasteiger partial charge in [0, 0.05) is 6.99 Å². The van der Waals surface area contributed by atoms with Crippen molar-refractivity contribution < 1.29 is 19.3 Å². The molecule has 1 rings (SSSR count). The van der Waals surface area contributed by atoms with Crippen LogP contribution >= 0.6 is 0 Å². The van der Waals surface area contributed by atoms with E-state index in [1.807, 2.05) is 39.8 Å². The third-order valence-electron chi connectivity index (χ3n) is 4.63. The van der Waals surface area contributed by atoms with Gasteiger partial charge >= 0.3 is 6.18 Å². The van der Waals surface area contributed by atoms with Gasteiger partial charge in [-0.05, 0) is 55.4 Å². The Morgan fingerprint density at radius 3 is 2.29 bits per heavy atom. The topological polar surface area (TPSA) is 9.23 Å². The van der Waals surface area contributed by atoms with Crippen LogP contribution < -0.4 is 4.74 Å². The molecule has 0 aliphatic carbocycles. The van der Waals surface area contributed by atoms with Gasteiger partial charge in [-0.15, -0.1) is 6.42 Å². The van der Waals surface area contributed by atoms with E-state index in [0.29, 0.717) is 6.42 Å². The Bertz CT molecular complexity index is 672. The minimum Gasteiger partial charge on any atom is -0.496 e. The predicted molar refractivity (Wildman–Crippen MR) is 115 cm³/mol. The Morgan fingerprint density at radius 1 is 1.25 bits per heavy atom. The van der Waals surface area contributed by atoms with Crippen molar-refractivity contribution in [1.82, 2.24) is 0 Å². The average molecular weight is 398 g/mol. The molecule has 0 N–H and O–H groups in total. The Balaban J connectivity index is 0. The molecule has 0 aliphatic rings. The summed E-state index contributed by atoms with van der Waals surface area (Å²) in [5.74, 6) is 2.38. The van der Waals surface area contributed by atoms with Crippen LogP contribution in [-0.4, -0.2) is 13.3 Å². The van der Waals surface area contributed by atoms with Crippen LogP contribution in [0.1, 0.15) is 78.4 Å². The molecule has 159 valence electrons. The van der Waals surface area contributed by atoms with Gasteiger partial charge in [0.05, 0.1) is 7.11 Å². The number of hydrogen-bond donors (Lipinski definition) is 0. The molecule has 1 aromatic rings. The second kappa shape index (κ2) is 11.8. The number of halogens is 3. The summed E-state index contributed by atoms with van der Waals surface area (Å²) in [7, 11) is 1.38. The van der Waals surface area contributed by atoms with Crippen LogP contribution in [0.5, 0.6) is 5.75 Å². The molecule has 0 aromatic heterocycles. The largest absolute Gasteiger partial charge is 0.496 e. The van der Waals surface area contributed by atoms with Crippen molar-refractivity contribution in [2.75, 3.05) is 7.11 Å². The van der Waals surface area contributed by atoms with E-state index in [1.165, 1.54) is 13.2 Å². The summed E-state index contributed by atoms with van der Waals surface area (Å²) in [5.41, 5.74) is -0.725. The van der Waals surface area contributed by atoms with Crippen LogP contribution in [0.2, 0.25) is 0 Å². The lowest BCUT2D eigenvalue weighted by Gasteiger charge is -2.33. The Labute approximate surface area is 170 Å². The van der Waals surface area contributed by atoms with Crippen molar-refractivity contribution in [2.24, 2.45) is 5.92 Å². The molecule has 1 atom stereocenters. The van der Waals surface area contributed by atoms with Crippen molar-refractivity contribution in [3.63, 3.8) is 0 Å².